The minimum absolute atomic E-state index is 0.139. The molecule has 0 aromatic rings. The van der Waals surface area contributed by atoms with E-state index in [1.807, 2.05) is 21.1 Å². The van der Waals surface area contributed by atoms with Crippen LogP contribution >= 0.6 is 0 Å². The number of carbonyl (C=O) groups excluding carboxylic acids is 3. The summed E-state index contributed by atoms with van der Waals surface area (Å²) in [7, 11) is 5.88. The Balaban J connectivity index is 4.54. The van der Waals surface area contributed by atoms with Crippen LogP contribution in [0.2, 0.25) is 0 Å². The Morgan fingerprint density at radius 3 is 1.57 bits per heavy atom. The van der Waals surface area contributed by atoms with Crippen molar-refractivity contribution < 1.29 is 42.9 Å². The van der Waals surface area contributed by atoms with E-state index in [-0.39, 0.29) is 38.6 Å². The summed E-state index contributed by atoms with van der Waals surface area (Å²) in [5.74, 6) is -2.34. The average molecular weight is 760 g/mol. The first-order valence-electron chi connectivity index (χ1n) is 20.9. The number of carbonyl (C=O) groups is 3. The molecule has 2 atom stereocenters. The molecule has 0 amide bonds. The number of carboxylic acids is 1. The maximum atomic E-state index is 12.7. The first-order valence-corrected chi connectivity index (χ1v) is 20.9. The summed E-state index contributed by atoms with van der Waals surface area (Å²) in [4.78, 5) is 36.8. The third-order valence-corrected chi connectivity index (χ3v) is 8.53. The van der Waals surface area contributed by atoms with Gasteiger partial charge in [-0.15, -0.1) is 0 Å². The molecule has 0 spiro atoms. The number of carboxylic acid groups (broad SMARTS) is 1. The lowest BCUT2D eigenvalue weighted by Gasteiger charge is -2.26. The van der Waals surface area contributed by atoms with E-state index in [2.05, 4.69) is 74.6 Å². The van der Waals surface area contributed by atoms with Gasteiger partial charge in [0.25, 0.3) is 0 Å². The van der Waals surface area contributed by atoms with Crippen LogP contribution in [0, 0.1) is 0 Å². The largest absolute Gasteiger partial charge is 0.545 e. The number of ether oxygens (including phenoxy) is 4. The second-order valence-electron chi connectivity index (χ2n) is 14.9. The van der Waals surface area contributed by atoms with Crippen molar-refractivity contribution in [3.05, 3.63) is 60.8 Å². The van der Waals surface area contributed by atoms with Gasteiger partial charge in [-0.3, -0.25) is 9.59 Å². The number of allylic oxidation sites excluding steroid dienone is 10. The van der Waals surface area contributed by atoms with E-state index in [9.17, 15) is 19.5 Å². The molecule has 0 rings (SSSR count). The molecule has 0 aliphatic heterocycles. The lowest BCUT2D eigenvalue weighted by atomic mass is 10.1. The maximum Gasteiger partial charge on any atom is 0.306 e. The third kappa shape index (κ3) is 37.3. The Kier molecular flexibility index (Phi) is 34.9. The van der Waals surface area contributed by atoms with Crippen LogP contribution in [-0.4, -0.2) is 82.3 Å². The van der Waals surface area contributed by atoms with Crippen molar-refractivity contribution in [3.8, 4) is 0 Å². The van der Waals surface area contributed by atoms with E-state index < -0.39 is 24.3 Å². The second kappa shape index (κ2) is 36.9. The Morgan fingerprint density at radius 2 is 1.06 bits per heavy atom. The summed E-state index contributed by atoms with van der Waals surface area (Å²) in [6.45, 7) is 4.54. The molecular weight excluding hydrogens is 682 g/mol. The quantitative estimate of drug-likeness (QED) is 0.0203. The van der Waals surface area contributed by atoms with Gasteiger partial charge in [-0.2, -0.15) is 0 Å². The molecule has 54 heavy (non-hydrogen) atoms. The number of quaternary nitrogens is 1. The van der Waals surface area contributed by atoms with Crippen molar-refractivity contribution in [1.29, 1.82) is 0 Å². The SMILES string of the molecule is CC/C=C\C/C=C\C/C=C\C/C=C\C/C=C\CCCCCC(=O)OC(COC(=O)CCCCCCCCCCCC)COC(OCC[N+](C)(C)C)C(=O)[O-]. The minimum atomic E-state index is -1.63. The van der Waals surface area contributed by atoms with Crippen molar-refractivity contribution in [3.63, 3.8) is 0 Å². The number of esters is 2. The molecule has 0 bridgehead atoms. The van der Waals surface area contributed by atoms with Gasteiger partial charge in [-0.1, -0.05) is 139 Å². The highest BCUT2D eigenvalue weighted by molar-refractivity contribution is 5.70. The van der Waals surface area contributed by atoms with Crippen LogP contribution in [0.25, 0.3) is 0 Å². The molecule has 2 unspecified atom stereocenters. The smallest absolute Gasteiger partial charge is 0.306 e. The van der Waals surface area contributed by atoms with E-state index in [4.69, 9.17) is 18.9 Å². The van der Waals surface area contributed by atoms with Gasteiger partial charge in [0.2, 0.25) is 0 Å². The first kappa shape index (κ1) is 51.0. The molecule has 9 nitrogen and oxygen atoms in total. The number of nitrogens with zero attached hydrogens (tertiary/aromatic N) is 1. The van der Waals surface area contributed by atoms with Crippen LogP contribution in [-0.2, 0) is 33.3 Å². The highest BCUT2D eigenvalue weighted by atomic mass is 16.7. The van der Waals surface area contributed by atoms with E-state index in [1.165, 1.54) is 44.9 Å². The molecule has 0 radical (unpaired) electrons. The highest BCUT2D eigenvalue weighted by Gasteiger charge is 2.21. The zero-order valence-electron chi connectivity index (χ0n) is 34.8. The molecule has 0 aliphatic rings. The van der Waals surface area contributed by atoms with Crippen LogP contribution in [0.15, 0.2) is 60.8 Å². The number of likely N-dealkylation sites (N-methyl/N-ethyl adjacent to an activating group) is 1. The first-order chi connectivity index (χ1) is 26.1. The number of rotatable bonds is 37. The van der Waals surface area contributed by atoms with Gasteiger partial charge in [0.15, 0.2) is 12.4 Å². The molecular formula is C45H77NO8. The summed E-state index contributed by atoms with van der Waals surface area (Å²) < 4.78 is 22.4. The van der Waals surface area contributed by atoms with Crippen molar-refractivity contribution in [2.45, 2.75) is 161 Å². The number of hydrogen-bond acceptors (Lipinski definition) is 8. The summed E-state index contributed by atoms with van der Waals surface area (Å²) in [6.07, 6.45) is 39.7. The fourth-order valence-corrected chi connectivity index (χ4v) is 5.27. The topological polar surface area (TPSA) is 111 Å². The zero-order valence-corrected chi connectivity index (χ0v) is 34.8. The van der Waals surface area contributed by atoms with Crippen molar-refractivity contribution in [1.82, 2.24) is 0 Å². The molecule has 310 valence electrons. The predicted molar refractivity (Wildman–Crippen MR) is 218 cm³/mol. The predicted octanol–water partition coefficient (Wildman–Crippen LogP) is 9.27. The van der Waals surface area contributed by atoms with Gasteiger partial charge in [-0.05, 0) is 57.8 Å². The summed E-state index contributed by atoms with van der Waals surface area (Å²) >= 11 is 0. The Bertz CT molecular complexity index is 1070. The Labute approximate surface area is 329 Å². The summed E-state index contributed by atoms with van der Waals surface area (Å²) in [5, 5.41) is 11.7. The molecule has 0 aromatic heterocycles. The molecule has 9 heteroatoms. The zero-order chi connectivity index (χ0) is 40.0. The van der Waals surface area contributed by atoms with Gasteiger partial charge in [-0.25, -0.2) is 0 Å². The molecule has 0 saturated heterocycles. The third-order valence-electron chi connectivity index (χ3n) is 8.53. The van der Waals surface area contributed by atoms with Gasteiger partial charge in [0.05, 0.1) is 40.3 Å². The number of aliphatic carboxylic acids is 1. The van der Waals surface area contributed by atoms with Crippen molar-refractivity contribution in [2.24, 2.45) is 0 Å². The minimum Gasteiger partial charge on any atom is -0.545 e. The van der Waals surface area contributed by atoms with E-state index in [1.54, 1.807) is 0 Å². The average Bonchev–Trinajstić information content (AvgIpc) is 3.12. The van der Waals surface area contributed by atoms with Gasteiger partial charge >= 0.3 is 11.9 Å². The maximum absolute atomic E-state index is 12.7. The molecule has 0 aliphatic carbocycles. The number of unbranched alkanes of at least 4 members (excludes halogenated alkanes) is 12. The standard InChI is InChI=1S/C45H77NO8/c1-6-8-10-12-14-16-18-19-20-21-22-23-24-25-26-28-30-32-34-36-43(48)54-41(40-53-45(44(49)50)51-38-37-46(3,4)5)39-52-42(47)35-33-31-29-27-17-15-13-11-9-7-2/h8,10,14,16,19-20,22-23,25-26,41,45H,6-7,9,11-13,15,17-18,21,24,27-40H2,1-5H3/b10-8-,16-14-,20-19-,23-22-,26-25-. The van der Waals surface area contributed by atoms with Crippen LogP contribution in [0.4, 0.5) is 0 Å². The fraction of sp³-hybridized carbons (Fsp3) is 0.711. The highest BCUT2D eigenvalue weighted by Crippen LogP contribution is 2.13. The van der Waals surface area contributed by atoms with E-state index >= 15 is 0 Å². The summed E-state index contributed by atoms with van der Waals surface area (Å²) in [6, 6.07) is 0. The van der Waals surface area contributed by atoms with Crippen LogP contribution in [0.1, 0.15) is 149 Å². The van der Waals surface area contributed by atoms with Crippen LogP contribution in [0.5, 0.6) is 0 Å². The van der Waals surface area contributed by atoms with Crippen molar-refractivity contribution >= 4 is 17.9 Å². The summed E-state index contributed by atoms with van der Waals surface area (Å²) in [5.41, 5.74) is 0. The monoisotopic (exact) mass is 760 g/mol. The Morgan fingerprint density at radius 1 is 0.574 bits per heavy atom. The number of hydrogen-bond donors (Lipinski definition) is 0. The van der Waals surface area contributed by atoms with Gasteiger partial charge < -0.3 is 33.3 Å². The lowest BCUT2D eigenvalue weighted by Crippen LogP contribution is -2.44. The van der Waals surface area contributed by atoms with E-state index in [0.29, 0.717) is 17.4 Å². The lowest BCUT2D eigenvalue weighted by molar-refractivity contribution is -0.870. The van der Waals surface area contributed by atoms with Gasteiger partial charge in [0, 0.05) is 12.8 Å². The molecule has 0 heterocycles. The molecule has 0 saturated carbocycles. The molecule has 0 N–H and O–H groups in total. The van der Waals surface area contributed by atoms with Crippen molar-refractivity contribution in [2.75, 3.05) is 47.5 Å². The molecule has 0 aromatic carbocycles. The molecule has 0 fully saturated rings. The fourth-order valence-electron chi connectivity index (χ4n) is 5.27. The van der Waals surface area contributed by atoms with E-state index in [0.717, 1.165) is 70.6 Å². The van der Waals surface area contributed by atoms with Gasteiger partial charge in [0.1, 0.15) is 13.2 Å². The Hall–Kier alpha value is -3.01. The normalized spacial score (nSPS) is 13.6. The van der Waals surface area contributed by atoms with Crippen LogP contribution in [0.3, 0.4) is 0 Å². The second-order valence-corrected chi connectivity index (χ2v) is 14.9. The van der Waals surface area contributed by atoms with Crippen LogP contribution < -0.4 is 5.11 Å².